The minimum atomic E-state index is -4.73. The Bertz CT molecular complexity index is 482. The van der Waals surface area contributed by atoms with Gasteiger partial charge in [0.1, 0.15) is 4.47 Å². The first kappa shape index (κ1) is 12.7. The largest absolute Gasteiger partial charge is 0.434 e. The molecule has 0 aliphatic rings. The van der Waals surface area contributed by atoms with Gasteiger partial charge in [-0.25, -0.2) is 9.55 Å². The highest BCUT2D eigenvalue weighted by molar-refractivity contribution is 9.10. The second-order valence-corrected chi connectivity index (χ2v) is 3.44. The van der Waals surface area contributed by atoms with E-state index in [4.69, 9.17) is 5.41 Å². The fourth-order valence-corrected chi connectivity index (χ4v) is 1.50. The summed E-state index contributed by atoms with van der Waals surface area (Å²) >= 11 is 2.52. The van der Waals surface area contributed by atoms with Crippen molar-refractivity contribution >= 4 is 28.2 Å². The van der Waals surface area contributed by atoms with Gasteiger partial charge in [0.2, 0.25) is 5.95 Å². The number of alkyl halides is 3. The Balaban J connectivity index is 3.64. The minimum absolute atomic E-state index is 0.351. The van der Waals surface area contributed by atoms with Gasteiger partial charge in [-0.1, -0.05) is 0 Å². The van der Waals surface area contributed by atoms with Crippen LogP contribution in [0.5, 0.6) is 0 Å². The fraction of sp³-hybridized carbons (Fsp3) is 0.286. The highest BCUT2D eigenvalue weighted by Crippen LogP contribution is 2.31. The van der Waals surface area contributed by atoms with E-state index in [1.807, 2.05) is 0 Å². The second-order valence-electron chi connectivity index (χ2n) is 2.65. The molecule has 0 amide bonds. The van der Waals surface area contributed by atoms with Crippen LogP contribution in [0.15, 0.2) is 9.27 Å². The Morgan fingerprint density at radius 1 is 1.56 bits per heavy atom. The van der Waals surface area contributed by atoms with Crippen molar-refractivity contribution in [2.24, 2.45) is 0 Å². The van der Waals surface area contributed by atoms with Crippen molar-refractivity contribution in [3.63, 3.8) is 0 Å². The van der Waals surface area contributed by atoms with Crippen LogP contribution in [0.25, 0.3) is 0 Å². The van der Waals surface area contributed by atoms with E-state index in [9.17, 15) is 18.0 Å². The number of hydrogen-bond acceptors (Lipinski definition) is 4. The van der Waals surface area contributed by atoms with Crippen LogP contribution in [0.2, 0.25) is 0 Å². The van der Waals surface area contributed by atoms with Crippen molar-refractivity contribution in [1.29, 1.82) is 5.41 Å². The smallest absolute Gasteiger partial charge is 0.358 e. The maximum Gasteiger partial charge on any atom is 0.434 e. The quantitative estimate of drug-likeness (QED) is 0.642. The summed E-state index contributed by atoms with van der Waals surface area (Å²) in [5.41, 5.74) is -2.32. The summed E-state index contributed by atoms with van der Waals surface area (Å²) in [7, 11) is 1.30. The van der Waals surface area contributed by atoms with Gasteiger partial charge >= 0.3 is 6.18 Å². The van der Waals surface area contributed by atoms with Crippen LogP contribution in [-0.4, -0.2) is 22.9 Å². The summed E-state index contributed by atoms with van der Waals surface area (Å²) in [5.74, 6) is -0.351. The molecule has 0 aliphatic heterocycles. The van der Waals surface area contributed by atoms with Crippen molar-refractivity contribution in [2.45, 2.75) is 6.18 Å². The van der Waals surface area contributed by atoms with Crippen molar-refractivity contribution in [3.8, 4) is 0 Å². The topological polar surface area (TPSA) is 70.8 Å². The average Bonchev–Trinajstić information content (AvgIpc) is 2.19. The number of aromatic nitrogens is 2. The summed E-state index contributed by atoms with van der Waals surface area (Å²) in [6.45, 7) is 0. The number of halogens is 4. The lowest BCUT2D eigenvalue weighted by Crippen LogP contribution is -2.28. The Morgan fingerprint density at radius 3 is 2.50 bits per heavy atom. The number of nitrogens with zero attached hydrogens (tertiary/aromatic N) is 2. The zero-order chi connectivity index (χ0) is 12.5. The maximum atomic E-state index is 12.5. The molecule has 0 unspecified atom stereocenters. The number of nitrogens with one attached hydrogen (secondary N) is 2. The first-order chi connectivity index (χ1) is 7.32. The van der Waals surface area contributed by atoms with E-state index in [1.54, 1.807) is 0 Å². The van der Waals surface area contributed by atoms with Gasteiger partial charge in [-0.05, 0) is 15.9 Å². The molecule has 0 atom stereocenters. The molecule has 9 heteroatoms. The van der Waals surface area contributed by atoms with Gasteiger partial charge in [-0.15, -0.1) is 0 Å². The monoisotopic (exact) mass is 298 g/mol. The molecule has 1 aromatic rings. The van der Waals surface area contributed by atoms with Crippen molar-refractivity contribution in [2.75, 3.05) is 12.4 Å². The maximum absolute atomic E-state index is 12.5. The molecule has 0 aromatic carbocycles. The summed E-state index contributed by atoms with van der Waals surface area (Å²) in [6, 6.07) is 0. The van der Waals surface area contributed by atoms with Crippen LogP contribution >= 0.6 is 15.9 Å². The molecule has 0 fully saturated rings. The van der Waals surface area contributed by atoms with E-state index in [1.165, 1.54) is 7.05 Å². The van der Waals surface area contributed by atoms with Crippen molar-refractivity contribution in [3.05, 3.63) is 20.5 Å². The normalized spacial score (nSPS) is 11.3. The first-order valence-corrected chi connectivity index (χ1v) is 4.69. The summed E-state index contributed by atoms with van der Waals surface area (Å²) in [5, 5.41) is 9.21. The third-order valence-corrected chi connectivity index (χ3v) is 2.40. The molecular formula is C7H6BrF3N4O. The molecule has 5 nitrogen and oxygen atoms in total. The lowest BCUT2D eigenvalue weighted by atomic mass is 10.4. The third-order valence-electron chi connectivity index (χ3n) is 1.68. The number of rotatable bonds is 2. The highest BCUT2D eigenvalue weighted by atomic mass is 79.9. The Morgan fingerprint density at radius 2 is 2.12 bits per heavy atom. The van der Waals surface area contributed by atoms with Crippen LogP contribution < -0.4 is 10.9 Å². The molecule has 0 bridgehead atoms. The summed E-state index contributed by atoms with van der Waals surface area (Å²) in [6.07, 6.45) is -4.16. The third kappa shape index (κ3) is 2.08. The van der Waals surface area contributed by atoms with Crippen molar-refractivity contribution in [1.82, 2.24) is 9.55 Å². The molecule has 0 saturated carbocycles. The van der Waals surface area contributed by atoms with E-state index < -0.39 is 21.9 Å². The van der Waals surface area contributed by atoms with Crippen LogP contribution in [0.3, 0.4) is 0 Å². The standard InChI is InChI=1S/C7H6BrF3N4O/c1-13-6-14-4(7(9,10)11)3(8)5(16)15(6)2-12/h2,12H,1H3,(H,13,14). The lowest BCUT2D eigenvalue weighted by Gasteiger charge is -2.12. The molecule has 1 rings (SSSR count). The van der Waals surface area contributed by atoms with Gasteiger partial charge in [-0.2, -0.15) is 13.2 Å². The molecule has 0 radical (unpaired) electrons. The number of hydrogen-bond donors (Lipinski definition) is 2. The van der Waals surface area contributed by atoms with Crippen molar-refractivity contribution < 1.29 is 13.2 Å². The van der Waals surface area contributed by atoms with Crippen LogP contribution in [0.4, 0.5) is 19.1 Å². The van der Waals surface area contributed by atoms with E-state index in [0.29, 0.717) is 10.9 Å². The summed E-state index contributed by atoms with van der Waals surface area (Å²) in [4.78, 5) is 14.7. The molecule has 88 valence electrons. The zero-order valence-corrected chi connectivity index (χ0v) is 9.48. The molecular weight excluding hydrogens is 293 g/mol. The fourth-order valence-electron chi connectivity index (χ4n) is 0.996. The highest BCUT2D eigenvalue weighted by Gasteiger charge is 2.37. The van der Waals surface area contributed by atoms with Gasteiger partial charge in [0.25, 0.3) is 5.56 Å². The lowest BCUT2D eigenvalue weighted by molar-refractivity contribution is -0.141. The minimum Gasteiger partial charge on any atom is -0.358 e. The van der Waals surface area contributed by atoms with Crippen LogP contribution in [0, 0.1) is 5.41 Å². The van der Waals surface area contributed by atoms with Gasteiger partial charge in [0.05, 0.1) is 6.34 Å². The Kier molecular flexibility index (Phi) is 3.36. The van der Waals surface area contributed by atoms with E-state index >= 15 is 0 Å². The Labute approximate surface area is 95.9 Å². The zero-order valence-electron chi connectivity index (χ0n) is 7.89. The van der Waals surface area contributed by atoms with Crippen LogP contribution in [0.1, 0.15) is 5.69 Å². The van der Waals surface area contributed by atoms with Gasteiger partial charge in [0.15, 0.2) is 5.69 Å². The number of anilines is 1. The molecule has 0 aliphatic carbocycles. The summed E-state index contributed by atoms with van der Waals surface area (Å²) < 4.78 is 37.3. The average molecular weight is 299 g/mol. The van der Waals surface area contributed by atoms with E-state index in [0.717, 1.165) is 0 Å². The SMILES string of the molecule is CNc1nc(C(F)(F)F)c(Br)c(=O)n1C=N. The van der Waals surface area contributed by atoms with E-state index in [2.05, 4.69) is 26.2 Å². The predicted octanol–water partition coefficient (Wildman–Crippen LogP) is 1.52. The molecule has 1 aromatic heterocycles. The molecule has 16 heavy (non-hydrogen) atoms. The Hall–Kier alpha value is -1.38. The molecule has 2 N–H and O–H groups in total. The molecule has 0 spiro atoms. The van der Waals surface area contributed by atoms with Gasteiger partial charge in [-0.3, -0.25) is 10.2 Å². The van der Waals surface area contributed by atoms with Crippen LogP contribution in [-0.2, 0) is 6.18 Å². The molecule has 0 saturated heterocycles. The molecule has 1 heterocycles. The van der Waals surface area contributed by atoms with Gasteiger partial charge < -0.3 is 5.32 Å². The predicted molar refractivity (Wildman–Crippen MR) is 54.9 cm³/mol. The van der Waals surface area contributed by atoms with E-state index in [-0.39, 0.29) is 5.95 Å². The van der Waals surface area contributed by atoms with Gasteiger partial charge in [0, 0.05) is 7.05 Å². The first-order valence-electron chi connectivity index (χ1n) is 3.90. The second kappa shape index (κ2) is 4.24.